The van der Waals surface area contributed by atoms with Crippen molar-refractivity contribution in [3.05, 3.63) is 0 Å². The summed E-state index contributed by atoms with van der Waals surface area (Å²) in [7, 11) is 0. The number of carbonyl (C=O) groups is 1. The van der Waals surface area contributed by atoms with E-state index in [1.54, 1.807) is 0 Å². The maximum absolute atomic E-state index is 11.8. The zero-order valence-corrected chi connectivity index (χ0v) is 11.1. The molecule has 2 fully saturated rings. The van der Waals surface area contributed by atoms with Crippen molar-refractivity contribution in [2.45, 2.75) is 58.1 Å². The van der Waals surface area contributed by atoms with E-state index < -0.39 is 5.60 Å². The van der Waals surface area contributed by atoms with E-state index in [-0.39, 0.29) is 17.6 Å². The Kier molecular flexibility index (Phi) is 3.34. The fourth-order valence-corrected chi connectivity index (χ4v) is 3.09. The summed E-state index contributed by atoms with van der Waals surface area (Å²) in [5.41, 5.74) is -0.124. The molecular formula is C13H24N2O2. The minimum Gasteiger partial charge on any atom is -0.444 e. The van der Waals surface area contributed by atoms with Crippen LogP contribution in [0.4, 0.5) is 4.79 Å². The van der Waals surface area contributed by atoms with Crippen LogP contribution in [0.5, 0.6) is 0 Å². The van der Waals surface area contributed by atoms with Crippen molar-refractivity contribution in [2.24, 2.45) is 5.41 Å². The summed E-state index contributed by atoms with van der Waals surface area (Å²) in [4.78, 5) is 11.8. The van der Waals surface area contributed by atoms with Crippen molar-refractivity contribution >= 4 is 6.09 Å². The quantitative estimate of drug-likeness (QED) is 0.737. The predicted octanol–water partition coefficient (Wildman–Crippen LogP) is 2.04. The fourth-order valence-electron chi connectivity index (χ4n) is 3.09. The average Bonchev–Trinajstić information content (AvgIpc) is 2.76. The van der Waals surface area contributed by atoms with Crippen LogP contribution in [0.2, 0.25) is 0 Å². The average molecular weight is 240 g/mol. The van der Waals surface area contributed by atoms with E-state index in [0.29, 0.717) is 0 Å². The van der Waals surface area contributed by atoms with Crippen LogP contribution in [0.15, 0.2) is 0 Å². The molecule has 1 heterocycles. The number of carbonyl (C=O) groups excluding carboxylic acids is 1. The monoisotopic (exact) mass is 240 g/mol. The van der Waals surface area contributed by atoms with Crippen LogP contribution in [0.1, 0.15) is 46.5 Å². The maximum atomic E-state index is 11.8. The number of hydrogen-bond donors (Lipinski definition) is 2. The van der Waals surface area contributed by atoms with Gasteiger partial charge < -0.3 is 15.4 Å². The highest BCUT2D eigenvalue weighted by Crippen LogP contribution is 2.42. The van der Waals surface area contributed by atoms with Crippen LogP contribution in [-0.4, -0.2) is 30.8 Å². The molecule has 0 unspecified atom stereocenters. The number of rotatable bonds is 1. The van der Waals surface area contributed by atoms with Crippen LogP contribution in [0.3, 0.4) is 0 Å². The van der Waals surface area contributed by atoms with E-state index in [2.05, 4.69) is 10.6 Å². The van der Waals surface area contributed by atoms with E-state index in [1.807, 2.05) is 20.8 Å². The Morgan fingerprint density at radius 3 is 2.76 bits per heavy atom. The molecule has 4 heteroatoms. The van der Waals surface area contributed by atoms with Gasteiger partial charge >= 0.3 is 6.09 Å². The number of alkyl carbamates (subject to hydrolysis) is 1. The summed E-state index contributed by atoms with van der Waals surface area (Å²) in [5.74, 6) is 0. The van der Waals surface area contributed by atoms with Gasteiger partial charge in [0.25, 0.3) is 0 Å². The SMILES string of the molecule is CC(C)(C)OC(=O)N[C@H]1CCC[C@@]12CCNC2. The summed E-state index contributed by atoms with van der Waals surface area (Å²) in [6.45, 7) is 7.80. The summed E-state index contributed by atoms with van der Waals surface area (Å²) < 4.78 is 5.33. The molecule has 1 amide bonds. The van der Waals surface area contributed by atoms with E-state index in [1.165, 1.54) is 19.3 Å². The Balaban J connectivity index is 1.92. The largest absolute Gasteiger partial charge is 0.444 e. The maximum Gasteiger partial charge on any atom is 0.407 e. The van der Waals surface area contributed by atoms with Gasteiger partial charge in [-0.2, -0.15) is 0 Å². The van der Waals surface area contributed by atoms with Crippen LogP contribution < -0.4 is 10.6 Å². The first kappa shape index (κ1) is 12.7. The van der Waals surface area contributed by atoms with Crippen LogP contribution in [0.25, 0.3) is 0 Å². The van der Waals surface area contributed by atoms with Crippen molar-refractivity contribution in [1.82, 2.24) is 10.6 Å². The Labute approximate surface area is 103 Å². The highest BCUT2D eigenvalue weighted by Gasteiger charge is 2.45. The molecular weight excluding hydrogens is 216 g/mol. The second-order valence-electron chi connectivity index (χ2n) is 6.38. The van der Waals surface area contributed by atoms with Crippen molar-refractivity contribution in [1.29, 1.82) is 0 Å². The molecule has 1 aliphatic carbocycles. The second-order valence-corrected chi connectivity index (χ2v) is 6.38. The van der Waals surface area contributed by atoms with Gasteiger partial charge in [-0.25, -0.2) is 4.79 Å². The summed E-state index contributed by atoms with van der Waals surface area (Å²) in [6, 6.07) is 0.285. The molecule has 2 aliphatic rings. The van der Waals surface area contributed by atoms with E-state index in [0.717, 1.165) is 19.5 Å². The molecule has 4 nitrogen and oxygen atoms in total. The van der Waals surface area contributed by atoms with Gasteiger partial charge in [0, 0.05) is 18.0 Å². The first-order chi connectivity index (χ1) is 7.91. The van der Waals surface area contributed by atoms with Crippen molar-refractivity contribution in [2.75, 3.05) is 13.1 Å². The molecule has 0 bridgehead atoms. The minimum absolute atomic E-state index is 0.268. The lowest BCUT2D eigenvalue weighted by Crippen LogP contribution is -2.47. The van der Waals surface area contributed by atoms with Gasteiger partial charge in [-0.1, -0.05) is 6.42 Å². The Hall–Kier alpha value is -0.770. The topological polar surface area (TPSA) is 50.4 Å². The molecule has 17 heavy (non-hydrogen) atoms. The fraction of sp³-hybridized carbons (Fsp3) is 0.923. The van der Waals surface area contributed by atoms with E-state index >= 15 is 0 Å². The first-order valence-corrected chi connectivity index (χ1v) is 6.62. The van der Waals surface area contributed by atoms with Crippen LogP contribution >= 0.6 is 0 Å². The van der Waals surface area contributed by atoms with Crippen LogP contribution in [-0.2, 0) is 4.74 Å². The van der Waals surface area contributed by atoms with Gasteiger partial charge in [-0.15, -0.1) is 0 Å². The van der Waals surface area contributed by atoms with Crippen LogP contribution in [0, 0.1) is 5.41 Å². The molecule has 0 aromatic carbocycles. The lowest BCUT2D eigenvalue weighted by atomic mass is 9.82. The molecule has 1 saturated carbocycles. The third-order valence-corrected chi connectivity index (χ3v) is 3.87. The molecule has 1 aliphatic heterocycles. The zero-order chi connectivity index (χ0) is 12.5. The summed E-state index contributed by atoms with van der Waals surface area (Å²) >= 11 is 0. The van der Waals surface area contributed by atoms with E-state index in [9.17, 15) is 4.79 Å². The Morgan fingerprint density at radius 2 is 2.18 bits per heavy atom. The Morgan fingerprint density at radius 1 is 1.41 bits per heavy atom. The predicted molar refractivity (Wildman–Crippen MR) is 66.9 cm³/mol. The van der Waals surface area contributed by atoms with Crippen molar-refractivity contribution < 1.29 is 9.53 Å². The molecule has 2 atom stereocenters. The molecule has 2 N–H and O–H groups in total. The first-order valence-electron chi connectivity index (χ1n) is 6.62. The van der Waals surface area contributed by atoms with Gasteiger partial charge in [-0.3, -0.25) is 0 Å². The van der Waals surface area contributed by atoms with Gasteiger partial charge in [0.15, 0.2) is 0 Å². The smallest absolute Gasteiger partial charge is 0.407 e. The lowest BCUT2D eigenvalue weighted by molar-refractivity contribution is 0.0467. The highest BCUT2D eigenvalue weighted by molar-refractivity contribution is 5.68. The van der Waals surface area contributed by atoms with E-state index in [4.69, 9.17) is 4.74 Å². The molecule has 1 saturated heterocycles. The van der Waals surface area contributed by atoms with Gasteiger partial charge in [0.2, 0.25) is 0 Å². The summed E-state index contributed by atoms with van der Waals surface area (Å²) in [5, 5.41) is 6.48. The molecule has 0 aromatic rings. The number of ether oxygens (including phenoxy) is 1. The molecule has 2 rings (SSSR count). The minimum atomic E-state index is -0.413. The van der Waals surface area contributed by atoms with Gasteiger partial charge in [-0.05, 0) is 46.6 Å². The number of amides is 1. The third-order valence-electron chi connectivity index (χ3n) is 3.87. The number of hydrogen-bond acceptors (Lipinski definition) is 3. The van der Waals surface area contributed by atoms with Gasteiger partial charge in [0.05, 0.1) is 0 Å². The highest BCUT2D eigenvalue weighted by atomic mass is 16.6. The lowest BCUT2D eigenvalue weighted by Gasteiger charge is -2.31. The van der Waals surface area contributed by atoms with Gasteiger partial charge in [0.1, 0.15) is 5.60 Å². The normalized spacial score (nSPS) is 33.0. The number of nitrogens with one attached hydrogen (secondary N) is 2. The van der Waals surface area contributed by atoms with Crippen molar-refractivity contribution in [3.8, 4) is 0 Å². The zero-order valence-electron chi connectivity index (χ0n) is 11.1. The molecule has 0 radical (unpaired) electrons. The third kappa shape index (κ3) is 2.92. The second kappa shape index (κ2) is 4.48. The molecule has 98 valence electrons. The Bertz CT molecular complexity index is 285. The van der Waals surface area contributed by atoms with Crippen molar-refractivity contribution in [3.63, 3.8) is 0 Å². The molecule has 1 spiro atoms. The standard InChI is InChI=1S/C13H24N2O2/c1-12(2,3)17-11(16)15-10-5-4-6-13(10)7-8-14-9-13/h10,14H,4-9H2,1-3H3,(H,15,16)/t10-,13-/m0/s1. The summed E-state index contributed by atoms with van der Waals surface area (Å²) in [6.07, 6.45) is 4.42. The molecule has 0 aromatic heterocycles.